The Morgan fingerprint density at radius 1 is 1.32 bits per heavy atom. The van der Waals surface area contributed by atoms with E-state index >= 15 is 0 Å². The van der Waals surface area contributed by atoms with Gasteiger partial charge in [0.2, 0.25) is 5.82 Å². The van der Waals surface area contributed by atoms with Crippen LogP contribution < -0.4 is 9.47 Å². The number of aromatic nitrogens is 2. The van der Waals surface area contributed by atoms with Crippen LogP contribution in [0.25, 0.3) is 11.4 Å². The zero-order chi connectivity index (χ0) is 14.0. The average molecular weight is 285 g/mol. The third kappa shape index (κ3) is 2.64. The number of hydrogen-bond donors (Lipinski definition) is 1. The van der Waals surface area contributed by atoms with Gasteiger partial charge in [-0.1, -0.05) is 16.8 Å². The maximum absolute atomic E-state index is 9.35. The topological polar surface area (TPSA) is 77.6 Å². The Balaban J connectivity index is 2.47. The zero-order valence-corrected chi connectivity index (χ0v) is 11.4. The molecule has 1 unspecified atom stereocenters. The van der Waals surface area contributed by atoms with E-state index in [0.29, 0.717) is 27.9 Å². The summed E-state index contributed by atoms with van der Waals surface area (Å²) in [6, 6.07) is 3.32. The van der Waals surface area contributed by atoms with E-state index in [1.807, 2.05) is 0 Å². The SMILES string of the molecule is COc1cc(-c2noc(C(C)O)n2)cc(Cl)c1OC. The van der Waals surface area contributed by atoms with Gasteiger partial charge in [0.05, 0.1) is 19.2 Å². The van der Waals surface area contributed by atoms with Crippen LogP contribution in [-0.4, -0.2) is 29.5 Å². The van der Waals surface area contributed by atoms with E-state index in [2.05, 4.69) is 10.1 Å². The largest absolute Gasteiger partial charge is 0.493 e. The smallest absolute Gasteiger partial charge is 0.255 e. The lowest BCUT2D eigenvalue weighted by Gasteiger charge is -2.10. The molecule has 0 fully saturated rings. The molecule has 0 saturated heterocycles. The number of rotatable bonds is 4. The van der Waals surface area contributed by atoms with Gasteiger partial charge in [0.15, 0.2) is 11.5 Å². The highest BCUT2D eigenvalue weighted by molar-refractivity contribution is 6.32. The third-order valence-electron chi connectivity index (χ3n) is 2.49. The summed E-state index contributed by atoms with van der Waals surface area (Å²) in [4.78, 5) is 4.07. The lowest BCUT2D eigenvalue weighted by molar-refractivity contribution is 0.152. The highest BCUT2D eigenvalue weighted by Gasteiger charge is 2.17. The standard InChI is InChI=1S/C12H13ClN2O4/c1-6(16)12-14-11(15-19-12)7-4-8(13)10(18-3)9(5-7)17-2/h4-6,16H,1-3H3. The fourth-order valence-electron chi connectivity index (χ4n) is 1.57. The number of nitrogens with zero attached hydrogens (tertiary/aromatic N) is 2. The minimum absolute atomic E-state index is 0.140. The van der Waals surface area contributed by atoms with Gasteiger partial charge in [-0.2, -0.15) is 4.98 Å². The molecule has 0 aliphatic heterocycles. The van der Waals surface area contributed by atoms with Crippen LogP contribution in [0.15, 0.2) is 16.7 Å². The quantitative estimate of drug-likeness (QED) is 0.929. The second-order valence-corrected chi connectivity index (χ2v) is 4.23. The molecule has 1 aromatic heterocycles. The molecule has 2 aromatic rings. The molecule has 0 saturated carbocycles. The maximum Gasteiger partial charge on any atom is 0.255 e. The normalized spacial score (nSPS) is 12.3. The summed E-state index contributed by atoms with van der Waals surface area (Å²) in [5, 5.41) is 13.5. The highest BCUT2D eigenvalue weighted by atomic mass is 35.5. The predicted molar refractivity (Wildman–Crippen MR) is 68.5 cm³/mol. The van der Waals surface area contributed by atoms with Crippen molar-refractivity contribution in [2.45, 2.75) is 13.0 Å². The summed E-state index contributed by atoms with van der Waals surface area (Å²) >= 11 is 6.09. The molecule has 102 valence electrons. The first kappa shape index (κ1) is 13.6. The molecule has 7 heteroatoms. The molecule has 19 heavy (non-hydrogen) atoms. The summed E-state index contributed by atoms with van der Waals surface area (Å²) in [7, 11) is 3.01. The van der Waals surface area contributed by atoms with Gasteiger partial charge in [0, 0.05) is 5.56 Å². The molecule has 0 aliphatic rings. The fraction of sp³-hybridized carbons (Fsp3) is 0.333. The average Bonchev–Trinajstić information content (AvgIpc) is 2.87. The van der Waals surface area contributed by atoms with E-state index in [1.54, 1.807) is 19.1 Å². The predicted octanol–water partition coefficient (Wildman–Crippen LogP) is 2.46. The molecule has 0 bridgehead atoms. The van der Waals surface area contributed by atoms with E-state index in [1.165, 1.54) is 14.2 Å². The van der Waals surface area contributed by atoms with Crippen LogP contribution >= 0.6 is 11.6 Å². The first-order valence-corrected chi connectivity index (χ1v) is 5.88. The monoisotopic (exact) mass is 284 g/mol. The van der Waals surface area contributed by atoms with Crippen LogP contribution in [-0.2, 0) is 0 Å². The Hall–Kier alpha value is -1.79. The van der Waals surface area contributed by atoms with Gasteiger partial charge in [-0.25, -0.2) is 0 Å². The second kappa shape index (κ2) is 5.46. The van der Waals surface area contributed by atoms with Crippen molar-refractivity contribution in [3.05, 3.63) is 23.0 Å². The van der Waals surface area contributed by atoms with Crippen molar-refractivity contribution in [1.29, 1.82) is 0 Å². The lowest BCUT2D eigenvalue weighted by Crippen LogP contribution is -1.93. The molecule has 0 amide bonds. The molecule has 0 spiro atoms. The Labute approximate surface area is 114 Å². The van der Waals surface area contributed by atoms with Gasteiger partial charge < -0.3 is 19.1 Å². The minimum atomic E-state index is -0.822. The molecule has 2 rings (SSSR count). The Bertz CT molecular complexity index is 583. The highest BCUT2D eigenvalue weighted by Crippen LogP contribution is 2.38. The van der Waals surface area contributed by atoms with Gasteiger partial charge in [0.25, 0.3) is 5.89 Å². The number of halogens is 1. The molecular formula is C12H13ClN2O4. The molecule has 1 N–H and O–H groups in total. The summed E-state index contributed by atoms with van der Waals surface area (Å²) in [6.45, 7) is 1.54. The third-order valence-corrected chi connectivity index (χ3v) is 2.77. The van der Waals surface area contributed by atoms with E-state index < -0.39 is 6.10 Å². The Morgan fingerprint density at radius 2 is 2.05 bits per heavy atom. The Kier molecular flexibility index (Phi) is 3.92. The van der Waals surface area contributed by atoms with Crippen molar-refractivity contribution in [1.82, 2.24) is 10.1 Å². The molecule has 6 nitrogen and oxygen atoms in total. The fourth-order valence-corrected chi connectivity index (χ4v) is 1.86. The van der Waals surface area contributed by atoms with Crippen molar-refractivity contribution in [2.75, 3.05) is 14.2 Å². The van der Waals surface area contributed by atoms with Gasteiger partial charge in [0.1, 0.15) is 6.10 Å². The lowest BCUT2D eigenvalue weighted by atomic mass is 10.2. The van der Waals surface area contributed by atoms with Crippen LogP contribution in [0.5, 0.6) is 11.5 Å². The summed E-state index contributed by atoms with van der Waals surface area (Å²) in [5.41, 5.74) is 0.610. The van der Waals surface area contributed by atoms with Gasteiger partial charge in [-0.05, 0) is 19.1 Å². The summed E-state index contributed by atoms with van der Waals surface area (Å²) < 4.78 is 15.3. The summed E-state index contributed by atoms with van der Waals surface area (Å²) in [5.74, 6) is 1.36. The molecule has 0 radical (unpaired) electrons. The van der Waals surface area contributed by atoms with E-state index in [9.17, 15) is 5.11 Å². The molecule has 1 heterocycles. The van der Waals surface area contributed by atoms with Crippen molar-refractivity contribution in [3.8, 4) is 22.9 Å². The number of aliphatic hydroxyl groups excluding tert-OH is 1. The zero-order valence-electron chi connectivity index (χ0n) is 10.7. The first-order chi connectivity index (χ1) is 9.06. The molecule has 0 aliphatic carbocycles. The second-order valence-electron chi connectivity index (χ2n) is 3.83. The number of benzene rings is 1. The van der Waals surface area contributed by atoms with Gasteiger partial charge in [-0.3, -0.25) is 0 Å². The number of ether oxygens (including phenoxy) is 2. The minimum Gasteiger partial charge on any atom is -0.493 e. The molecule has 1 atom stereocenters. The molecular weight excluding hydrogens is 272 g/mol. The van der Waals surface area contributed by atoms with Crippen LogP contribution in [0, 0.1) is 0 Å². The van der Waals surface area contributed by atoms with Crippen molar-refractivity contribution in [2.24, 2.45) is 0 Å². The van der Waals surface area contributed by atoms with Crippen molar-refractivity contribution in [3.63, 3.8) is 0 Å². The van der Waals surface area contributed by atoms with Crippen LogP contribution in [0.3, 0.4) is 0 Å². The summed E-state index contributed by atoms with van der Waals surface area (Å²) in [6.07, 6.45) is -0.822. The van der Waals surface area contributed by atoms with E-state index in [0.717, 1.165) is 0 Å². The van der Waals surface area contributed by atoms with Gasteiger partial charge in [-0.15, -0.1) is 0 Å². The van der Waals surface area contributed by atoms with E-state index in [4.69, 9.17) is 25.6 Å². The van der Waals surface area contributed by atoms with Crippen LogP contribution in [0.2, 0.25) is 5.02 Å². The van der Waals surface area contributed by atoms with Crippen LogP contribution in [0.1, 0.15) is 18.9 Å². The molecule has 1 aromatic carbocycles. The number of aliphatic hydroxyl groups is 1. The van der Waals surface area contributed by atoms with Crippen molar-refractivity contribution < 1.29 is 19.1 Å². The van der Waals surface area contributed by atoms with Crippen molar-refractivity contribution >= 4 is 11.6 Å². The first-order valence-electron chi connectivity index (χ1n) is 5.50. The van der Waals surface area contributed by atoms with E-state index in [-0.39, 0.29) is 5.89 Å². The maximum atomic E-state index is 9.35. The van der Waals surface area contributed by atoms with Crippen LogP contribution in [0.4, 0.5) is 0 Å². The Morgan fingerprint density at radius 3 is 2.58 bits per heavy atom. The number of hydrogen-bond acceptors (Lipinski definition) is 6. The van der Waals surface area contributed by atoms with Gasteiger partial charge >= 0.3 is 0 Å². The number of methoxy groups -OCH3 is 2.